The van der Waals surface area contributed by atoms with Crippen LogP contribution in [0, 0.1) is 0 Å². The fourth-order valence-corrected chi connectivity index (χ4v) is 3.69. The van der Waals surface area contributed by atoms with Crippen LogP contribution in [0.15, 0.2) is 24.3 Å². The first kappa shape index (κ1) is 13.4. The van der Waals surface area contributed by atoms with E-state index in [1.807, 2.05) is 29.2 Å². The Morgan fingerprint density at radius 3 is 2.55 bits per heavy atom. The van der Waals surface area contributed by atoms with Crippen molar-refractivity contribution >= 4 is 11.6 Å². The number of carbonyl (C=O) groups is 1. The van der Waals surface area contributed by atoms with Crippen molar-refractivity contribution in [2.75, 3.05) is 5.73 Å². The quantitative estimate of drug-likeness (QED) is 0.825. The Balaban J connectivity index is 1.62. The molecule has 2 atom stereocenters. The maximum absolute atomic E-state index is 12.5. The summed E-state index contributed by atoms with van der Waals surface area (Å²) in [4.78, 5) is 14.5. The monoisotopic (exact) mass is 274 g/mol. The Labute approximate surface area is 119 Å². The van der Waals surface area contributed by atoms with Gasteiger partial charge in [0.25, 0.3) is 0 Å². The molecule has 2 aliphatic rings. The van der Waals surface area contributed by atoms with Crippen LogP contribution < -0.4 is 5.73 Å². The minimum Gasteiger partial charge on any atom is -0.399 e. The first-order chi connectivity index (χ1) is 9.65. The molecule has 1 aromatic carbocycles. The zero-order valence-corrected chi connectivity index (χ0v) is 11.7. The number of para-hydroxylation sites is 1. The van der Waals surface area contributed by atoms with Crippen molar-refractivity contribution in [3.63, 3.8) is 0 Å². The number of aryl methyl sites for hydroxylation is 1. The first-order valence-corrected chi connectivity index (χ1v) is 7.47. The Morgan fingerprint density at radius 1 is 1.25 bits per heavy atom. The van der Waals surface area contributed by atoms with Crippen LogP contribution in [0.5, 0.6) is 0 Å². The van der Waals surface area contributed by atoms with Crippen LogP contribution in [0.2, 0.25) is 0 Å². The van der Waals surface area contributed by atoms with Gasteiger partial charge >= 0.3 is 0 Å². The highest BCUT2D eigenvalue weighted by Gasteiger charge is 2.42. The van der Waals surface area contributed by atoms with E-state index >= 15 is 0 Å². The number of fused-ring (bicyclic) bond motifs is 2. The van der Waals surface area contributed by atoms with Crippen molar-refractivity contribution in [2.45, 2.75) is 56.7 Å². The summed E-state index contributed by atoms with van der Waals surface area (Å²) >= 11 is 0. The number of benzene rings is 1. The molecule has 0 saturated carbocycles. The Kier molecular flexibility index (Phi) is 3.66. The molecule has 2 unspecified atom stereocenters. The van der Waals surface area contributed by atoms with Gasteiger partial charge in [-0.25, -0.2) is 0 Å². The van der Waals surface area contributed by atoms with E-state index in [2.05, 4.69) is 0 Å². The summed E-state index contributed by atoms with van der Waals surface area (Å²) in [6.45, 7) is 0. The number of carbonyl (C=O) groups excluding carboxylic acids is 1. The molecular formula is C16H22N2O2. The van der Waals surface area contributed by atoms with Crippen LogP contribution in [-0.2, 0) is 11.2 Å². The number of amides is 1. The summed E-state index contributed by atoms with van der Waals surface area (Å²) < 4.78 is 0. The van der Waals surface area contributed by atoms with Crippen LogP contribution in [0.25, 0.3) is 0 Å². The van der Waals surface area contributed by atoms with E-state index in [1.165, 1.54) is 0 Å². The molecule has 1 aromatic rings. The molecule has 0 aromatic heterocycles. The summed E-state index contributed by atoms with van der Waals surface area (Å²) in [6, 6.07) is 8.23. The maximum Gasteiger partial charge on any atom is 0.223 e. The molecule has 20 heavy (non-hydrogen) atoms. The van der Waals surface area contributed by atoms with Crippen molar-refractivity contribution in [1.29, 1.82) is 0 Å². The van der Waals surface area contributed by atoms with Crippen LogP contribution in [-0.4, -0.2) is 34.1 Å². The molecule has 4 nitrogen and oxygen atoms in total. The number of aliphatic hydroxyl groups excluding tert-OH is 1. The third-order valence-electron chi connectivity index (χ3n) is 4.66. The highest BCUT2D eigenvalue weighted by molar-refractivity contribution is 5.78. The number of piperidine rings is 1. The van der Waals surface area contributed by atoms with Crippen molar-refractivity contribution in [1.82, 2.24) is 4.90 Å². The van der Waals surface area contributed by atoms with E-state index in [4.69, 9.17) is 5.73 Å². The van der Waals surface area contributed by atoms with Gasteiger partial charge in [-0.3, -0.25) is 4.79 Å². The van der Waals surface area contributed by atoms with Gasteiger partial charge < -0.3 is 15.7 Å². The topological polar surface area (TPSA) is 66.6 Å². The Hall–Kier alpha value is -1.55. The normalized spacial score (nSPS) is 28.6. The minimum atomic E-state index is -0.221. The summed E-state index contributed by atoms with van der Waals surface area (Å²) in [5, 5.41) is 9.78. The molecule has 0 aliphatic carbocycles. The van der Waals surface area contributed by atoms with Gasteiger partial charge in [0, 0.05) is 24.2 Å². The van der Waals surface area contributed by atoms with E-state index in [1.54, 1.807) is 0 Å². The second-order valence-corrected chi connectivity index (χ2v) is 6.01. The Morgan fingerprint density at radius 2 is 1.90 bits per heavy atom. The lowest BCUT2D eigenvalue weighted by Crippen LogP contribution is -2.48. The number of rotatable bonds is 3. The molecule has 108 valence electrons. The van der Waals surface area contributed by atoms with Crippen molar-refractivity contribution in [3.8, 4) is 0 Å². The highest BCUT2D eigenvalue weighted by Crippen LogP contribution is 2.36. The molecule has 2 bridgehead atoms. The zero-order chi connectivity index (χ0) is 14.1. The largest absolute Gasteiger partial charge is 0.399 e. The second kappa shape index (κ2) is 5.44. The molecule has 1 amide bonds. The number of nitrogen functional groups attached to an aromatic ring is 1. The average molecular weight is 274 g/mol. The minimum absolute atomic E-state index is 0.215. The molecule has 0 spiro atoms. The van der Waals surface area contributed by atoms with Gasteiger partial charge in [-0.05, 0) is 43.7 Å². The van der Waals surface area contributed by atoms with Crippen LogP contribution in [0.1, 0.15) is 37.7 Å². The highest BCUT2D eigenvalue weighted by atomic mass is 16.3. The second-order valence-electron chi connectivity index (χ2n) is 6.01. The van der Waals surface area contributed by atoms with Crippen LogP contribution >= 0.6 is 0 Å². The summed E-state index contributed by atoms with van der Waals surface area (Å²) in [6.07, 6.45) is 4.57. The van der Waals surface area contributed by atoms with Crippen LogP contribution in [0.3, 0.4) is 0 Å². The molecular weight excluding hydrogens is 252 g/mol. The van der Waals surface area contributed by atoms with E-state index in [-0.39, 0.29) is 24.1 Å². The number of hydrogen-bond donors (Lipinski definition) is 2. The molecule has 2 fully saturated rings. The summed E-state index contributed by atoms with van der Waals surface area (Å²) in [7, 11) is 0. The van der Waals surface area contributed by atoms with Gasteiger partial charge in [0.05, 0.1) is 6.10 Å². The molecule has 4 heteroatoms. The standard InChI is InChI=1S/C16H22N2O2/c17-15-4-2-1-3-11(15)5-8-16(20)18-12-6-7-13(18)10-14(19)9-12/h1-4,12-14,19H,5-10,17H2. The third kappa shape index (κ3) is 2.52. The van der Waals surface area contributed by atoms with E-state index in [0.717, 1.165) is 36.9 Å². The lowest BCUT2D eigenvalue weighted by atomic mass is 9.98. The Bertz CT molecular complexity index is 489. The van der Waals surface area contributed by atoms with Gasteiger partial charge in [0.2, 0.25) is 5.91 Å². The van der Waals surface area contributed by atoms with Gasteiger partial charge in [0.1, 0.15) is 0 Å². The summed E-state index contributed by atoms with van der Waals surface area (Å²) in [5.74, 6) is 0.215. The SMILES string of the molecule is Nc1ccccc1CCC(=O)N1C2CCC1CC(O)C2. The smallest absolute Gasteiger partial charge is 0.223 e. The van der Waals surface area contributed by atoms with Crippen LogP contribution in [0.4, 0.5) is 5.69 Å². The molecule has 0 radical (unpaired) electrons. The molecule has 2 saturated heterocycles. The lowest BCUT2D eigenvalue weighted by Gasteiger charge is -2.37. The summed E-state index contributed by atoms with van der Waals surface area (Å²) in [5.41, 5.74) is 7.72. The van der Waals surface area contributed by atoms with Gasteiger partial charge in [0.15, 0.2) is 0 Å². The van der Waals surface area contributed by atoms with Gasteiger partial charge in [-0.2, -0.15) is 0 Å². The lowest BCUT2D eigenvalue weighted by molar-refractivity contribution is -0.137. The first-order valence-electron chi connectivity index (χ1n) is 7.47. The van der Waals surface area contributed by atoms with Gasteiger partial charge in [-0.15, -0.1) is 0 Å². The number of aliphatic hydroxyl groups is 1. The van der Waals surface area contributed by atoms with Gasteiger partial charge in [-0.1, -0.05) is 18.2 Å². The van der Waals surface area contributed by atoms with Crippen molar-refractivity contribution in [3.05, 3.63) is 29.8 Å². The maximum atomic E-state index is 12.5. The van der Waals surface area contributed by atoms with Crippen molar-refractivity contribution in [2.24, 2.45) is 0 Å². The fourth-order valence-electron chi connectivity index (χ4n) is 3.69. The molecule has 3 rings (SSSR count). The number of nitrogens with zero attached hydrogens (tertiary/aromatic N) is 1. The molecule has 2 aliphatic heterocycles. The predicted octanol–water partition coefficient (Wildman–Crippen LogP) is 1.72. The third-order valence-corrected chi connectivity index (χ3v) is 4.66. The predicted molar refractivity (Wildman–Crippen MR) is 78.1 cm³/mol. The number of nitrogens with two attached hydrogens (primary N) is 1. The van der Waals surface area contributed by atoms with E-state index in [9.17, 15) is 9.90 Å². The average Bonchev–Trinajstić information content (AvgIpc) is 2.70. The fraction of sp³-hybridized carbons (Fsp3) is 0.562. The van der Waals surface area contributed by atoms with E-state index in [0.29, 0.717) is 12.8 Å². The van der Waals surface area contributed by atoms with Crippen molar-refractivity contribution < 1.29 is 9.90 Å². The zero-order valence-electron chi connectivity index (χ0n) is 11.7. The van der Waals surface area contributed by atoms with E-state index < -0.39 is 0 Å². The number of anilines is 1. The molecule has 2 heterocycles. The molecule has 3 N–H and O–H groups in total. The number of hydrogen-bond acceptors (Lipinski definition) is 3.